The zero-order valence-corrected chi connectivity index (χ0v) is 23.6. The van der Waals surface area contributed by atoms with Crippen LogP contribution < -0.4 is 4.74 Å². The quantitative estimate of drug-likeness (QED) is 0.402. The average Bonchev–Trinajstić information content (AvgIpc) is 3.31. The summed E-state index contributed by atoms with van der Waals surface area (Å²) in [5.74, 6) is 0.460. The monoisotopic (exact) mass is 530 g/mol. The number of pyridine rings is 1. The normalized spacial score (nSPS) is 13.9. The van der Waals surface area contributed by atoms with Crippen molar-refractivity contribution in [3.8, 4) is 22.9 Å². The van der Waals surface area contributed by atoms with E-state index in [1.807, 2.05) is 31.9 Å². The van der Waals surface area contributed by atoms with Crippen LogP contribution in [0.4, 0.5) is 0 Å². The average molecular weight is 531 g/mol. The van der Waals surface area contributed by atoms with E-state index < -0.39 is 0 Å². The third-order valence-corrected chi connectivity index (χ3v) is 7.49. The van der Waals surface area contributed by atoms with Gasteiger partial charge in [0.05, 0.1) is 37.2 Å². The lowest BCUT2D eigenvalue weighted by atomic mass is 9.87. The van der Waals surface area contributed by atoms with Crippen LogP contribution in [0, 0.1) is 18.3 Å². The molecule has 3 aromatic rings. The molecule has 1 atom stereocenters. The van der Waals surface area contributed by atoms with Crippen LogP contribution in [0.1, 0.15) is 65.2 Å². The van der Waals surface area contributed by atoms with E-state index in [1.165, 1.54) is 6.20 Å². The van der Waals surface area contributed by atoms with Gasteiger partial charge in [0.1, 0.15) is 17.4 Å². The molecule has 39 heavy (non-hydrogen) atoms. The molecule has 0 saturated carbocycles. The van der Waals surface area contributed by atoms with Gasteiger partial charge in [0.25, 0.3) is 5.91 Å². The predicted octanol–water partition coefficient (Wildman–Crippen LogP) is 3.77. The molecule has 9 nitrogen and oxygen atoms in total. The number of carbonyl (C=O) groups excluding carboxylic acids is 1. The van der Waals surface area contributed by atoms with Crippen molar-refractivity contribution >= 4 is 5.91 Å². The summed E-state index contributed by atoms with van der Waals surface area (Å²) < 4.78 is 7.43. The van der Waals surface area contributed by atoms with E-state index in [9.17, 15) is 15.2 Å². The van der Waals surface area contributed by atoms with Crippen molar-refractivity contribution in [2.45, 2.75) is 53.1 Å². The molecule has 0 radical (unpaired) electrons. The summed E-state index contributed by atoms with van der Waals surface area (Å²) in [5, 5.41) is 23.4. The van der Waals surface area contributed by atoms with Crippen LogP contribution in [-0.2, 0) is 19.4 Å². The molecule has 3 heterocycles. The summed E-state index contributed by atoms with van der Waals surface area (Å²) in [6.07, 6.45) is 5.02. The number of rotatable bonds is 11. The van der Waals surface area contributed by atoms with E-state index >= 15 is 0 Å². The second kappa shape index (κ2) is 12.4. The second-order valence-corrected chi connectivity index (χ2v) is 10.0. The molecule has 1 aromatic carbocycles. The van der Waals surface area contributed by atoms with Crippen molar-refractivity contribution in [3.05, 3.63) is 64.2 Å². The minimum atomic E-state index is -0.287. The highest BCUT2D eigenvalue weighted by Crippen LogP contribution is 2.36. The molecule has 0 saturated heterocycles. The van der Waals surface area contributed by atoms with Crippen molar-refractivity contribution in [2.75, 3.05) is 39.9 Å². The fourth-order valence-corrected chi connectivity index (χ4v) is 5.11. The summed E-state index contributed by atoms with van der Waals surface area (Å²) in [5.41, 5.74) is 6.84. The Morgan fingerprint density at radius 1 is 1.23 bits per heavy atom. The minimum Gasteiger partial charge on any atom is -0.492 e. The molecule has 0 bridgehead atoms. The number of aryl methyl sites for hydroxylation is 1. The number of hydrogen-bond donors (Lipinski definition) is 1. The van der Waals surface area contributed by atoms with E-state index in [2.05, 4.69) is 47.2 Å². The van der Waals surface area contributed by atoms with Crippen LogP contribution in [0.15, 0.2) is 30.6 Å². The highest BCUT2D eigenvalue weighted by atomic mass is 16.5. The molecule has 0 aliphatic carbocycles. The third-order valence-electron chi connectivity index (χ3n) is 7.49. The Kier molecular flexibility index (Phi) is 9.00. The van der Waals surface area contributed by atoms with Crippen molar-refractivity contribution in [2.24, 2.45) is 0 Å². The zero-order valence-electron chi connectivity index (χ0n) is 23.6. The van der Waals surface area contributed by atoms with Gasteiger partial charge in [-0.2, -0.15) is 10.4 Å². The number of likely N-dealkylation sites (N-methyl/N-ethyl adjacent to an activating group) is 1. The Morgan fingerprint density at radius 2 is 2.00 bits per heavy atom. The first-order valence-corrected chi connectivity index (χ1v) is 13.6. The lowest BCUT2D eigenvalue weighted by molar-refractivity contribution is 0.0669. The Labute approximate surface area is 230 Å². The van der Waals surface area contributed by atoms with Crippen molar-refractivity contribution in [3.63, 3.8) is 0 Å². The Balaban J connectivity index is 1.74. The van der Waals surface area contributed by atoms with Crippen LogP contribution in [-0.4, -0.2) is 75.5 Å². The standard InChI is InChI=1S/C30H38N6O3/c1-6-34(5)10-8-22-14-25(27-19-35(12-13-37)33-20(27)3)24-9-11-36(30(38)26(24)15-22)21(4)28-16-29(39-7-2)23(17-31)18-32-28/h14-16,18-19,21,37H,6-13H2,1-5H3/t21-/m0/s1. The van der Waals surface area contributed by atoms with E-state index in [-0.39, 0.29) is 18.6 Å². The van der Waals surface area contributed by atoms with Crippen LogP contribution in [0.2, 0.25) is 0 Å². The first-order chi connectivity index (χ1) is 18.8. The van der Waals surface area contributed by atoms with Crippen LogP contribution in [0.5, 0.6) is 5.75 Å². The number of carbonyl (C=O) groups is 1. The van der Waals surface area contributed by atoms with Gasteiger partial charge < -0.3 is 19.6 Å². The van der Waals surface area contributed by atoms with E-state index in [4.69, 9.17) is 4.74 Å². The molecule has 1 amide bonds. The number of benzene rings is 1. The van der Waals surface area contributed by atoms with E-state index in [1.54, 1.807) is 10.7 Å². The summed E-state index contributed by atoms with van der Waals surface area (Å²) >= 11 is 0. The van der Waals surface area contributed by atoms with Gasteiger partial charge in [-0.15, -0.1) is 0 Å². The molecule has 206 valence electrons. The molecular formula is C30H38N6O3. The molecule has 0 unspecified atom stereocenters. The summed E-state index contributed by atoms with van der Waals surface area (Å²) in [7, 11) is 2.10. The third kappa shape index (κ3) is 5.97. The topological polar surface area (TPSA) is 108 Å². The Bertz CT molecular complexity index is 1380. The number of aliphatic hydroxyl groups excluding tert-OH is 1. The number of aromatic nitrogens is 3. The fourth-order valence-electron chi connectivity index (χ4n) is 5.11. The Hall–Kier alpha value is -3.74. The number of amides is 1. The number of nitrogens with zero attached hydrogens (tertiary/aromatic N) is 6. The van der Waals surface area contributed by atoms with E-state index in [0.717, 1.165) is 47.5 Å². The van der Waals surface area contributed by atoms with Gasteiger partial charge in [-0.05, 0) is 70.0 Å². The molecule has 2 aromatic heterocycles. The molecular weight excluding hydrogens is 492 g/mol. The van der Waals surface area contributed by atoms with Gasteiger partial charge in [-0.1, -0.05) is 13.0 Å². The smallest absolute Gasteiger partial charge is 0.254 e. The molecule has 1 N–H and O–H groups in total. The molecule has 1 aliphatic rings. The van der Waals surface area contributed by atoms with Gasteiger partial charge >= 0.3 is 0 Å². The highest BCUT2D eigenvalue weighted by molar-refractivity contribution is 5.99. The molecule has 9 heteroatoms. The number of hydrogen-bond acceptors (Lipinski definition) is 7. The van der Waals surface area contributed by atoms with Gasteiger partial charge in [0, 0.05) is 42.7 Å². The summed E-state index contributed by atoms with van der Waals surface area (Å²) in [4.78, 5) is 22.7. The largest absolute Gasteiger partial charge is 0.492 e. The lowest BCUT2D eigenvalue weighted by Crippen LogP contribution is -2.40. The lowest BCUT2D eigenvalue weighted by Gasteiger charge is -2.34. The first kappa shape index (κ1) is 28.3. The maximum absolute atomic E-state index is 14.0. The molecule has 0 fully saturated rings. The van der Waals surface area contributed by atoms with Crippen molar-refractivity contribution in [1.82, 2.24) is 24.6 Å². The minimum absolute atomic E-state index is 0.0157. The van der Waals surface area contributed by atoms with E-state index in [0.29, 0.717) is 48.7 Å². The van der Waals surface area contributed by atoms with Crippen LogP contribution >= 0.6 is 0 Å². The van der Waals surface area contributed by atoms with Crippen molar-refractivity contribution < 1.29 is 14.6 Å². The maximum atomic E-state index is 14.0. The fraction of sp³-hybridized carbons (Fsp3) is 0.467. The molecule has 1 aliphatic heterocycles. The highest BCUT2D eigenvalue weighted by Gasteiger charge is 2.32. The molecule has 0 spiro atoms. The maximum Gasteiger partial charge on any atom is 0.254 e. The van der Waals surface area contributed by atoms with Crippen LogP contribution in [0.25, 0.3) is 11.1 Å². The number of nitriles is 1. The Morgan fingerprint density at radius 3 is 2.69 bits per heavy atom. The predicted molar refractivity (Wildman–Crippen MR) is 150 cm³/mol. The summed E-state index contributed by atoms with van der Waals surface area (Å²) in [6.45, 7) is 11.2. The zero-order chi connectivity index (χ0) is 28.1. The number of aliphatic hydroxyl groups is 1. The van der Waals surface area contributed by atoms with Gasteiger partial charge in [0.2, 0.25) is 0 Å². The van der Waals surface area contributed by atoms with Gasteiger partial charge in [-0.25, -0.2) is 0 Å². The van der Waals surface area contributed by atoms with Gasteiger partial charge in [-0.3, -0.25) is 14.5 Å². The molecule has 4 rings (SSSR count). The number of ether oxygens (including phenoxy) is 1. The van der Waals surface area contributed by atoms with Gasteiger partial charge in [0.15, 0.2) is 0 Å². The van der Waals surface area contributed by atoms with Crippen molar-refractivity contribution in [1.29, 1.82) is 5.26 Å². The first-order valence-electron chi connectivity index (χ1n) is 13.6. The SMILES string of the molecule is CCOc1cc([C@H](C)N2CCc3c(cc(CCN(C)CC)cc3-c3cn(CCO)nc3C)C2=O)ncc1C#N. The van der Waals surface area contributed by atoms with Crippen LogP contribution in [0.3, 0.4) is 0 Å². The number of fused-ring (bicyclic) bond motifs is 1. The summed E-state index contributed by atoms with van der Waals surface area (Å²) in [6, 6.07) is 7.87. The second-order valence-electron chi connectivity index (χ2n) is 10.0.